The molecule has 3 aliphatic heterocycles. The van der Waals surface area contributed by atoms with Crippen molar-refractivity contribution in [1.82, 2.24) is 24.4 Å². The van der Waals surface area contributed by atoms with Gasteiger partial charge in [0.25, 0.3) is 0 Å². The molecule has 160 valence electrons. The number of rotatable bonds is 4. The van der Waals surface area contributed by atoms with Crippen LogP contribution in [0.4, 0.5) is 5.95 Å². The number of nitrogens with zero attached hydrogens (tertiary/aromatic N) is 6. The van der Waals surface area contributed by atoms with Crippen LogP contribution in [0.15, 0.2) is 49.1 Å². The topological polar surface area (TPSA) is 50.1 Å². The lowest BCUT2D eigenvalue weighted by atomic mass is 9.98. The Morgan fingerprint density at radius 3 is 2.94 bits per heavy atom. The Kier molecular flexibility index (Phi) is 4.75. The average Bonchev–Trinajstić information content (AvgIpc) is 3.37. The van der Waals surface area contributed by atoms with Crippen LogP contribution in [0.5, 0.6) is 0 Å². The van der Waals surface area contributed by atoms with Crippen LogP contribution in [0.1, 0.15) is 55.6 Å². The van der Waals surface area contributed by atoms with Gasteiger partial charge in [0.1, 0.15) is 0 Å². The third kappa shape index (κ3) is 3.43. The molecule has 0 radical (unpaired) electrons. The van der Waals surface area contributed by atoms with Gasteiger partial charge in [0, 0.05) is 68.0 Å². The lowest BCUT2D eigenvalue weighted by Crippen LogP contribution is -2.39. The van der Waals surface area contributed by atoms with Gasteiger partial charge in [-0.15, -0.1) is 0 Å². The molecule has 3 unspecified atom stereocenters. The lowest BCUT2D eigenvalue weighted by molar-refractivity contribution is 0.163. The number of anilines is 1. The molecule has 0 spiro atoms. The van der Waals surface area contributed by atoms with Gasteiger partial charge < -0.3 is 9.47 Å². The summed E-state index contributed by atoms with van der Waals surface area (Å²) in [7, 11) is 0. The molecule has 2 fully saturated rings. The SMILES string of the molecule is CC1CCCN(c2ncc3c(n2)CC2CCC3N2Cc2cccn2-c2cccnc2)C1. The third-order valence-corrected chi connectivity index (χ3v) is 7.36. The van der Waals surface area contributed by atoms with Gasteiger partial charge in [-0.25, -0.2) is 9.97 Å². The molecule has 6 nitrogen and oxygen atoms in total. The Morgan fingerprint density at radius 2 is 2.06 bits per heavy atom. The number of fused-ring (bicyclic) bond motifs is 4. The van der Waals surface area contributed by atoms with Crippen molar-refractivity contribution in [3.63, 3.8) is 0 Å². The molecule has 0 aliphatic carbocycles. The highest BCUT2D eigenvalue weighted by molar-refractivity contribution is 5.38. The van der Waals surface area contributed by atoms with Crippen LogP contribution in [0.3, 0.4) is 0 Å². The molecule has 3 aromatic heterocycles. The van der Waals surface area contributed by atoms with Crippen molar-refractivity contribution in [3.8, 4) is 5.69 Å². The van der Waals surface area contributed by atoms with Crippen LogP contribution < -0.4 is 4.90 Å². The van der Waals surface area contributed by atoms with E-state index in [9.17, 15) is 0 Å². The molecule has 2 bridgehead atoms. The van der Waals surface area contributed by atoms with E-state index in [1.54, 1.807) is 0 Å². The van der Waals surface area contributed by atoms with Crippen LogP contribution >= 0.6 is 0 Å². The summed E-state index contributed by atoms with van der Waals surface area (Å²) < 4.78 is 2.26. The maximum Gasteiger partial charge on any atom is 0.225 e. The largest absolute Gasteiger partial charge is 0.341 e. The Bertz CT molecular complexity index is 1060. The molecular formula is C25H30N6. The lowest BCUT2D eigenvalue weighted by Gasteiger charge is -2.37. The van der Waals surface area contributed by atoms with E-state index in [-0.39, 0.29) is 0 Å². The molecule has 0 saturated carbocycles. The molecule has 3 aromatic rings. The normalized spacial score (nSPS) is 25.6. The second-order valence-corrected chi connectivity index (χ2v) is 9.47. The van der Waals surface area contributed by atoms with Crippen LogP contribution in [-0.4, -0.2) is 43.6 Å². The molecule has 3 aliphatic rings. The van der Waals surface area contributed by atoms with E-state index in [0.717, 1.165) is 43.6 Å². The second-order valence-electron chi connectivity index (χ2n) is 9.47. The molecule has 6 rings (SSSR count). The van der Waals surface area contributed by atoms with Gasteiger partial charge in [-0.3, -0.25) is 9.88 Å². The fourth-order valence-electron chi connectivity index (χ4n) is 5.81. The monoisotopic (exact) mass is 414 g/mol. The average molecular weight is 415 g/mol. The van der Waals surface area contributed by atoms with Crippen molar-refractivity contribution in [3.05, 3.63) is 66.0 Å². The summed E-state index contributed by atoms with van der Waals surface area (Å²) in [5.41, 5.74) is 5.07. The standard InChI is InChI=1S/C25H30N6/c1-18-5-3-11-29(16-18)25-27-15-22-23(28-25)13-19-8-9-24(22)31(19)17-21-7-4-12-30(21)20-6-2-10-26-14-20/h2,4,6-7,10,12,14-15,18-19,24H,3,5,8-9,11,13,16-17H2,1H3. The van der Waals surface area contributed by atoms with Crippen LogP contribution in [-0.2, 0) is 13.0 Å². The zero-order chi connectivity index (χ0) is 20.8. The van der Waals surface area contributed by atoms with E-state index in [0.29, 0.717) is 12.1 Å². The molecule has 0 amide bonds. The molecule has 0 aromatic carbocycles. The highest BCUT2D eigenvalue weighted by Gasteiger charge is 2.41. The third-order valence-electron chi connectivity index (χ3n) is 7.36. The number of aromatic nitrogens is 4. The van der Waals surface area contributed by atoms with E-state index in [4.69, 9.17) is 9.97 Å². The quantitative estimate of drug-likeness (QED) is 0.642. The first kappa shape index (κ1) is 19.0. The summed E-state index contributed by atoms with van der Waals surface area (Å²) in [5, 5.41) is 0. The van der Waals surface area contributed by atoms with Crippen molar-refractivity contribution in [1.29, 1.82) is 0 Å². The van der Waals surface area contributed by atoms with Gasteiger partial charge in [0.05, 0.1) is 17.6 Å². The van der Waals surface area contributed by atoms with Crippen LogP contribution in [0.2, 0.25) is 0 Å². The number of piperidine rings is 1. The number of hydrogen-bond acceptors (Lipinski definition) is 5. The van der Waals surface area contributed by atoms with Crippen molar-refractivity contribution >= 4 is 5.95 Å². The van der Waals surface area contributed by atoms with Gasteiger partial charge >= 0.3 is 0 Å². The van der Waals surface area contributed by atoms with E-state index >= 15 is 0 Å². The molecule has 6 heteroatoms. The van der Waals surface area contributed by atoms with Crippen LogP contribution in [0, 0.1) is 5.92 Å². The van der Waals surface area contributed by atoms with Crippen LogP contribution in [0.25, 0.3) is 5.69 Å². The van der Waals surface area contributed by atoms with Crippen molar-refractivity contribution in [2.45, 2.75) is 57.7 Å². The summed E-state index contributed by atoms with van der Waals surface area (Å²) >= 11 is 0. The van der Waals surface area contributed by atoms with Crippen molar-refractivity contribution in [2.75, 3.05) is 18.0 Å². The second kappa shape index (κ2) is 7.75. The molecule has 0 N–H and O–H groups in total. The number of pyridine rings is 1. The predicted octanol–water partition coefficient (Wildman–Crippen LogP) is 4.16. The van der Waals surface area contributed by atoms with E-state index in [2.05, 4.69) is 56.9 Å². The maximum atomic E-state index is 5.08. The minimum atomic E-state index is 0.431. The summed E-state index contributed by atoms with van der Waals surface area (Å²) in [5.74, 6) is 1.68. The van der Waals surface area contributed by atoms with Crippen molar-refractivity contribution < 1.29 is 0 Å². The highest BCUT2D eigenvalue weighted by Crippen LogP contribution is 2.44. The molecule has 3 atom stereocenters. The molecular weight excluding hydrogens is 384 g/mol. The van der Waals surface area contributed by atoms with Gasteiger partial charge in [0.2, 0.25) is 5.95 Å². The first-order valence-corrected chi connectivity index (χ1v) is 11.7. The zero-order valence-corrected chi connectivity index (χ0v) is 18.2. The molecule has 2 saturated heterocycles. The summed E-state index contributed by atoms with van der Waals surface area (Å²) in [6.07, 6.45) is 14.1. The first-order valence-electron chi connectivity index (χ1n) is 11.7. The zero-order valence-electron chi connectivity index (χ0n) is 18.2. The predicted molar refractivity (Wildman–Crippen MR) is 121 cm³/mol. The summed E-state index contributed by atoms with van der Waals surface area (Å²) in [6.45, 7) is 5.46. The van der Waals surface area contributed by atoms with Gasteiger partial charge in [-0.1, -0.05) is 6.92 Å². The first-order chi connectivity index (χ1) is 15.3. The Balaban J connectivity index is 1.25. The van der Waals surface area contributed by atoms with Gasteiger partial charge in [0.15, 0.2) is 0 Å². The van der Waals surface area contributed by atoms with Gasteiger partial charge in [-0.05, 0) is 55.9 Å². The number of hydrogen-bond donors (Lipinski definition) is 0. The fraction of sp³-hybridized carbons (Fsp3) is 0.480. The van der Waals surface area contributed by atoms with Gasteiger partial charge in [-0.2, -0.15) is 0 Å². The van der Waals surface area contributed by atoms with E-state index in [1.807, 2.05) is 18.5 Å². The minimum Gasteiger partial charge on any atom is -0.341 e. The molecule has 31 heavy (non-hydrogen) atoms. The summed E-state index contributed by atoms with van der Waals surface area (Å²) in [4.78, 5) is 19.3. The van der Waals surface area contributed by atoms with E-state index < -0.39 is 0 Å². The Morgan fingerprint density at radius 1 is 1.10 bits per heavy atom. The molecule has 6 heterocycles. The smallest absolute Gasteiger partial charge is 0.225 e. The fourth-order valence-corrected chi connectivity index (χ4v) is 5.81. The summed E-state index contributed by atoms with van der Waals surface area (Å²) in [6, 6.07) is 9.49. The highest BCUT2D eigenvalue weighted by atomic mass is 15.3. The minimum absolute atomic E-state index is 0.431. The maximum absolute atomic E-state index is 5.08. The van der Waals surface area contributed by atoms with E-state index in [1.165, 1.54) is 42.6 Å². The van der Waals surface area contributed by atoms with Crippen molar-refractivity contribution in [2.24, 2.45) is 5.92 Å². The Hall–Kier alpha value is -2.73. The Labute approximate surface area is 184 Å².